The summed E-state index contributed by atoms with van der Waals surface area (Å²) < 4.78 is 23.2. The van der Waals surface area contributed by atoms with E-state index in [1.54, 1.807) is 0 Å². The van der Waals surface area contributed by atoms with E-state index in [1.807, 2.05) is 0 Å². The lowest BCUT2D eigenvalue weighted by Crippen LogP contribution is -2.34. The molecule has 1 aromatic rings. The normalized spacial score (nSPS) is 24.7. The molecule has 0 N–H and O–H groups in total. The molecule has 1 fully saturated rings. The van der Waals surface area contributed by atoms with E-state index in [-0.39, 0.29) is 0 Å². The number of sulfone groups is 1. The highest BCUT2D eigenvalue weighted by Crippen LogP contribution is 2.32. The van der Waals surface area contributed by atoms with E-state index in [2.05, 4.69) is 30.9 Å². The Morgan fingerprint density at radius 2 is 2.10 bits per heavy atom. The molecule has 3 rings (SSSR count). The largest absolute Gasteiger partial charge is 0.371 e. The lowest BCUT2D eigenvalue weighted by molar-refractivity contribution is 0.550. The van der Waals surface area contributed by atoms with Crippen LogP contribution in [-0.4, -0.2) is 33.0 Å². The molecule has 0 radical (unpaired) electrons. The standard InChI is InChI=1S/C16H23NO2S/c1-12-8-13(2)15-4-3-6-17(16(15)9-12)10-14-5-7-20(18,19)11-14/h8-9,14H,3-7,10-11H2,1-2H3. The average Bonchev–Trinajstić information content (AvgIpc) is 2.70. The van der Waals surface area contributed by atoms with Gasteiger partial charge in [0.05, 0.1) is 11.5 Å². The molecule has 2 aliphatic heterocycles. The zero-order chi connectivity index (χ0) is 14.3. The fourth-order valence-electron chi connectivity index (χ4n) is 3.67. The maximum absolute atomic E-state index is 11.6. The second-order valence-electron chi connectivity index (χ2n) is 6.40. The molecule has 0 spiro atoms. The molecule has 3 nitrogen and oxygen atoms in total. The Bertz CT molecular complexity index is 622. The Morgan fingerprint density at radius 3 is 2.80 bits per heavy atom. The number of hydrogen-bond acceptors (Lipinski definition) is 3. The Morgan fingerprint density at radius 1 is 1.30 bits per heavy atom. The highest BCUT2D eigenvalue weighted by Gasteiger charge is 2.30. The van der Waals surface area contributed by atoms with E-state index < -0.39 is 9.84 Å². The van der Waals surface area contributed by atoms with Crippen molar-refractivity contribution in [1.82, 2.24) is 0 Å². The van der Waals surface area contributed by atoms with Crippen LogP contribution in [0.2, 0.25) is 0 Å². The summed E-state index contributed by atoms with van der Waals surface area (Å²) in [5.41, 5.74) is 5.48. The van der Waals surface area contributed by atoms with Crippen LogP contribution in [0.1, 0.15) is 29.5 Å². The van der Waals surface area contributed by atoms with Gasteiger partial charge in [-0.3, -0.25) is 0 Å². The van der Waals surface area contributed by atoms with Crippen molar-refractivity contribution in [2.45, 2.75) is 33.1 Å². The van der Waals surface area contributed by atoms with Crippen LogP contribution in [0.25, 0.3) is 0 Å². The van der Waals surface area contributed by atoms with Crippen LogP contribution < -0.4 is 4.90 Å². The summed E-state index contributed by atoms with van der Waals surface area (Å²) in [6.45, 7) is 6.29. The molecule has 0 amide bonds. The van der Waals surface area contributed by atoms with Crippen LogP contribution in [0.5, 0.6) is 0 Å². The van der Waals surface area contributed by atoms with E-state index in [4.69, 9.17) is 0 Å². The summed E-state index contributed by atoms with van der Waals surface area (Å²) >= 11 is 0. The van der Waals surface area contributed by atoms with Gasteiger partial charge in [0.15, 0.2) is 9.84 Å². The third-order valence-corrected chi connectivity index (χ3v) is 6.43. The van der Waals surface area contributed by atoms with E-state index in [0.29, 0.717) is 17.4 Å². The van der Waals surface area contributed by atoms with Crippen molar-refractivity contribution in [1.29, 1.82) is 0 Å². The summed E-state index contributed by atoms with van der Waals surface area (Å²) in [7, 11) is -2.77. The molecule has 1 unspecified atom stereocenters. The Kier molecular flexibility index (Phi) is 3.53. The fourth-order valence-corrected chi connectivity index (χ4v) is 5.52. The van der Waals surface area contributed by atoms with Gasteiger partial charge < -0.3 is 4.90 Å². The van der Waals surface area contributed by atoms with Gasteiger partial charge in [-0.15, -0.1) is 0 Å². The molecule has 110 valence electrons. The number of nitrogens with zero attached hydrogens (tertiary/aromatic N) is 1. The monoisotopic (exact) mass is 293 g/mol. The number of hydrogen-bond donors (Lipinski definition) is 0. The number of rotatable bonds is 2. The van der Waals surface area contributed by atoms with Crippen LogP contribution in [0.15, 0.2) is 12.1 Å². The first kappa shape index (κ1) is 13.9. The Hall–Kier alpha value is -1.03. The molecular weight excluding hydrogens is 270 g/mol. The van der Waals surface area contributed by atoms with Crippen LogP contribution in [0, 0.1) is 19.8 Å². The number of fused-ring (bicyclic) bond motifs is 1. The number of anilines is 1. The van der Waals surface area contributed by atoms with Crippen LogP contribution in [0.4, 0.5) is 5.69 Å². The van der Waals surface area contributed by atoms with Gasteiger partial charge in [-0.05, 0) is 61.8 Å². The number of aryl methyl sites for hydroxylation is 2. The van der Waals surface area contributed by atoms with Gasteiger partial charge in [0.2, 0.25) is 0 Å². The maximum atomic E-state index is 11.6. The van der Waals surface area contributed by atoms with Crippen molar-refractivity contribution >= 4 is 15.5 Å². The van der Waals surface area contributed by atoms with Crippen LogP contribution >= 0.6 is 0 Å². The fraction of sp³-hybridized carbons (Fsp3) is 0.625. The summed E-state index contributed by atoms with van der Waals surface area (Å²) in [5, 5.41) is 0. The average molecular weight is 293 g/mol. The Labute approximate surface area is 121 Å². The van der Waals surface area contributed by atoms with Crippen molar-refractivity contribution in [3.8, 4) is 0 Å². The SMILES string of the molecule is Cc1cc(C)c2c(c1)N(CC1CCS(=O)(=O)C1)CCC2. The predicted octanol–water partition coefficient (Wildman–Crippen LogP) is 2.49. The molecule has 1 atom stereocenters. The van der Waals surface area contributed by atoms with Crippen molar-refractivity contribution < 1.29 is 8.42 Å². The van der Waals surface area contributed by atoms with Gasteiger partial charge >= 0.3 is 0 Å². The third-order valence-electron chi connectivity index (χ3n) is 4.59. The zero-order valence-corrected chi connectivity index (χ0v) is 13.2. The van der Waals surface area contributed by atoms with Gasteiger partial charge in [-0.25, -0.2) is 8.42 Å². The predicted molar refractivity (Wildman–Crippen MR) is 83.2 cm³/mol. The van der Waals surface area contributed by atoms with E-state index in [1.165, 1.54) is 28.8 Å². The van der Waals surface area contributed by atoms with E-state index in [9.17, 15) is 8.42 Å². The molecule has 0 aromatic heterocycles. The highest BCUT2D eigenvalue weighted by molar-refractivity contribution is 7.91. The second kappa shape index (κ2) is 5.06. The molecule has 0 saturated carbocycles. The minimum Gasteiger partial charge on any atom is -0.371 e. The quantitative estimate of drug-likeness (QED) is 0.841. The topological polar surface area (TPSA) is 37.4 Å². The molecule has 1 aromatic carbocycles. The van der Waals surface area contributed by atoms with Crippen molar-refractivity contribution in [3.63, 3.8) is 0 Å². The van der Waals surface area contributed by atoms with E-state index >= 15 is 0 Å². The molecule has 0 aliphatic carbocycles. The summed E-state index contributed by atoms with van der Waals surface area (Å²) in [6, 6.07) is 4.52. The first-order valence-corrected chi connectivity index (χ1v) is 9.32. The maximum Gasteiger partial charge on any atom is 0.150 e. The lowest BCUT2D eigenvalue weighted by Gasteiger charge is -2.34. The number of benzene rings is 1. The van der Waals surface area contributed by atoms with Crippen LogP contribution in [-0.2, 0) is 16.3 Å². The van der Waals surface area contributed by atoms with Crippen molar-refractivity contribution in [2.24, 2.45) is 5.92 Å². The lowest BCUT2D eigenvalue weighted by atomic mass is 9.94. The van der Waals surface area contributed by atoms with Gasteiger partial charge in [0.25, 0.3) is 0 Å². The first-order chi connectivity index (χ1) is 9.44. The molecule has 1 saturated heterocycles. The van der Waals surface area contributed by atoms with Gasteiger partial charge in [-0.2, -0.15) is 0 Å². The molecule has 0 bridgehead atoms. The molecule has 2 heterocycles. The summed E-state index contributed by atoms with van der Waals surface area (Å²) in [6.07, 6.45) is 3.16. The minimum atomic E-state index is -2.77. The third kappa shape index (κ3) is 2.71. The molecular formula is C16H23NO2S. The minimum absolute atomic E-state index is 0.312. The van der Waals surface area contributed by atoms with Crippen molar-refractivity contribution in [2.75, 3.05) is 29.5 Å². The van der Waals surface area contributed by atoms with E-state index in [0.717, 1.165) is 25.9 Å². The molecule has 2 aliphatic rings. The Balaban J connectivity index is 1.83. The van der Waals surface area contributed by atoms with Crippen molar-refractivity contribution in [3.05, 3.63) is 28.8 Å². The molecule has 4 heteroatoms. The first-order valence-electron chi connectivity index (χ1n) is 7.50. The molecule has 20 heavy (non-hydrogen) atoms. The summed E-state index contributed by atoms with van der Waals surface area (Å²) in [4.78, 5) is 2.42. The van der Waals surface area contributed by atoms with Gasteiger partial charge in [-0.1, -0.05) is 6.07 Å². The highest BCUT2D eigenvalue weighted by atomic mass is 32.2. The van der Waals surface area contributed by atoms with Gasteiger partial charge in [0, 0.05) is 18.8 Å². The van der Waals surface area contributed by atoms with Gasteiger partial charge in [0.1, 0.15) is 0 Å². The second-order valence-corrected chi connectivity index (χ2v) is 8.63. The summed E-state index contributed by atoms with van der Waals surface area (Å²) in [5.74, 6) is 1.07. The van der Waals surface area contributed by atoms with Crippen LogP contribution in [0.3, 0.4) is 0 Å². The smallest absolute Gasteiger partial charge is 0.150 e. The zero-order valence-electron chi connectivity index (χ0n) is 12.4.